The number of anilines is 1. The second-order valence-corrected chi connectivity index (χ2v) is 9.12. The Balaban J connectivity index is 1.81. The normalized spacial score (nSPS) is 19.6. The molecule has 1 fully saturated rings. The summed E-state index contributed by atoms with van der Waals surface area (Å²) in [6, 6.07) is 6.84. The summed E-state index contributed by atoms with van der Waals surface area (Å²) >= 11 is 0. The van der Waals surface area contributed by atoms with Gasteiger partial charge in [-0.25, -0.2) is 17.5 Å². The summed E-state index contributed by atoms with van der Waals surface area (Å²) in [4.78, 5) is 25.2. The molecular weight excluding hydrogens is 384 g/mol. The third kappa shape index (κ3) is 3.64. The van der Waals surface area contributed by atoms with Crippen LogP contribution >= 0.6 is 0 Å². The van der Waals surface area contributed by atoms with Gasteiger partial charge in [-0.15, -0.1) is 0 Å². The molecule has 9 heteroatoms. The lowest BCUT2D eigenvalue weighted by Gasteiger charge is -2.38. The molecule has 0 saturated carbocycles. The molecule has 0 bridgehead atoms. The van der Waals surface area contributed by atoms with Gasteiger partial charge in [-0.05, 0) is 38.1 Å². The molecular formula is C19H24N2O6S. The van der Waals surface area contributed by atoms with Crippen LogP contribution in [0.4, 0.5) is 5.69 Å². The van der Waals surface area contributed by atoms with Crippen molar-refractivity contribution in [2.24, 2.45) is 0 Å². The SMILES string of the molecule is CCS(=O)(=O)N1CCC2(CC1)OC(=O)C(C)=C2C(=O)Nc1ccc(OC)cc1. The van der Waals surface area contributed by atoms with E-state index in [-0.39, 0.29) is 42.8 Å². The van der Waals surface area contributed by atoms with Gasteiger partial charge in [-0.1, -0.05) is 0 Å². The highest BCUT2D eigenvalue weighted by molar-refractivity contribution is 7.89. The molecule has 2 heterocycles. The number of hydrogen-bond donors (Lipinski definition) is 1. The number of carbonyl (C=O) groups excluding carboxylic acids is 2. The number of carbonyl (C=O) groups is 2. The van der Waals surface area contributed by atoms with E-state index in [1.54, 1.807) is 45.2 Å². The van der Waals surface area contributed by atoms with Crippen LogP contribution in [0.1, 0.15) is 26.7 Å². The Kier molecular flexibility index (Phi) is 5.49. The van der Waals surface area contributed by atoms with Gasteiger partial charge < -0.3 is 14.8 Å². The van der Waals surface area contributed by atoms with Crippen LogP contribution in [0, 0.1) is 0 Å². The molecule has 0 aromatic heterocycles. The number of benzene rings is 1. The van der Waals surface area contributed by atoms with Crippen molar-refractivity contribution in [1.82, 2.24) is 4.31 Å². The zero-order valence-corrected chi connectivity index (χ0v) is 17.0. The fraction of sp³-hybridized carbons (Fsp3) is 0.474. The van der Waals surface area contributed by atoms with Crippen LogP contribution in [0.3, 0.4) is 0 Å². The van der Waals surface area contributed by atoms with Gasteiger partial charge in [-0.3, -0.25) is 4.79 Å². The minimum atomic E-state index is -3.32. The Hall–Kier alpha value is -2.39. The summed E-state index contributed by atoms with van der Waals surface area (Å²) < 4.78 is 36.3. The lowest BCUT2D eigenvalue weighted by Crippen LogP contribution is -2.49. The van der Waals surface area contributed by atoms with Gasteiger partial charge in [-0.2, -0.15) is 0 Å². The number of sulfonamides is 1. The van der Waals surface area contributed by atoms with Crippen molar-refractivity contribution in [2.45, 2.75) is 32.3 Å². The van der Waals surface area contributed by atoms with E-state index in [1.165, 1.54) is 4.31 Å². The average molecular weight is 408 g/mol. The zero-order valence-electron chi connectivity index (χ0n) is 16.1. The number of rotatable bonds is 5. The summed E-state index contributed by atoms with van der Waals surface area (Å²) in [7, 11) is -1.77. The number of methoxy groups -OCH3 is 1. The number of amides is 1. The molecule has 1 spiro atoms. The van der Waals surface area contributed by atoms with Crippen LogP contribution < -0.4 is 10.1 Å². The molecule has 3 rings (SSSR count). The highest BCUT2D eigenvalue weighted by Gasteiger charge is 2.51. The van der Waals surface area contributed by atoms with Crippen molar-refractivity contribution in [3.05, 3.63) is 35.4 Å². The number of hydrogen-bond acceptors (Lipinski definition) is 6. The molecule has 2 aliphatic rings. The monoisotopic (exact) mass is 408 g/mol. The largest absolute Gasteiger partial charge is 0.497 e. The summed E-state index contributed by atoms with van der Waals surface area (Å²) in [6.07, 6.45) is 0.501. The van der Waals surface area contributed by atoms with E-state index < -0.39 is 27.5 Å². The van der Waals surface area contributed by atoms with Crippen LogP contribution in [0.5, 0.6) is 5.75 Å². The maximum absolute atomic E-state index is 13.0. The summed E-state index contributed by atoms with van der Waals surface area (Å²) in [6.45, 7) is 3.56. The van der Waals surface area contributed by atoms with Crippen LogP contribution in [-0.2, 0) is 24.3 Å². The van der Waals surface area contributed by atoms with Crippen molar-refractivity contribution in [3.63, 3.8) is 0 Å². The number of piperidine rings is 1. The standard InChI is InChI=1S/C19H24N2O6S/c1-4-28(24,25)21-11-9-19(10-12-21)16(13(2)18(23)27-19)17(22)20-14-5-7-15(26-3)8-6-14/h5-8H,4,9-12H2,1-3H3,(H,20,22). The van der Waals surface area contributed by atoms with E-state index in [0.29, 0.717) is 11.4 Å². The first-order chi connectivity index (χ1) is 13.2. The smallest absolute Gasteiger partial charge is 0.335 e. The Bertz CT molecular complexity index is 912. The lowest BCUT2D eigenvalue weighted by atomic mass is 9.83. The second-order valence-electron chi connectivity index (χ2n) is 6.87. The molecule has 1 N–H and O–H groups in total. The maximum atomic E-state index is 13.0. The summed E-state index contributed by atoms with van der Waals surface area (Å²) in [5.41, 5.74) is 0.0172. The third-order valence-electron chi connectivity index (χ3n) is 5.29. The molecule has 152 valence electrons. The first-order valence-corrected chi connectivity index (χ1v) is 10.7. The Labute approximate surface area is 164 Å². The number of nitrogens with zero attached hydrogens (tertiary/aromatic N) is 1. The van der Waals surface area contributed by atoms with Crippen LogP contribution in [0.15, 0.2) is 35.4 Å². The molecule has 8 nitrogen and oxygen atoms in total. The Morgan fingerprint density at radius 3 is 2.39 bits per heavy atom. The molecule has 0 unspecified atom stereocenters. The molecule has 0 atom stereocenters. The predicted octanol–water partition coefficient (Wildman–Crippen LogP) is 1.69. The van der Waals surface area contributed by atoms with Crippen molar-refractivity contribution < 1.29 is 27.5 Å². The molecule has 0 radical (unpaired) electrons. The highest BCUT2D eigenvalue weighted by atomic mass is 32.2. The zero-order chi connectivity index (χ0) is 20.5. The first-order valence-electron chi connectivity index (χ1n) is 9.10. The first kappa shape index (κ1) is 20.3. The summed E-state index contributed by atoms with van der Waals surface area (Å²) in [5.74, 6) is -0.278. The van der Waals surface area contributed by atoms with Gasteiger partial charge in [0.1, 0.15) is 11.4 Å². The Morgan fingerprint density at radius 1 is 1.25 bits per heavy atom. The Morgan fingerprint density at radius 2 is 1.86 bits per heavy atom. The summed E-state index contributed by atoms with van der Waals surface area (Å²) in [5, 5.41) is 2.79. The molecule has 1 amide bonds. The van der Waals surface area contributed by atoms with Gasteiger partial charge in [0.2, 0.25) is 10.0 Å². The van der Waals surface area contributed by atoms with E-state index in [9.17, 15) is 18.0 Å². The van der Waals surface area contributed by atoms with Crippen LogP contribution in [0.25, 0.3) is 0 Å². The number of nitrogens with one attached hydrogen (secondary N) is 1. The fourth-order valence-corrected chi connectivity index (χ4v) is 4.76. The fourth-order valence-electron chi connectivity index (χ4n) is 3.65. The molecule has 0 aliphatic carbocycles. The van der Waals surface area contributed by atoms with Gasteiger partial charge in [0, 0.05) is 37.2 Å². The van der Waals surface area contributed by atoms with E-state index in [0.717, 1.165) is 0 Å². The molecule has 2 aliphatic heterocycles. The minimum Gasteiger partial charge on any atom is -0.497 e. The number of esters is 1. The third-order valence-corrected chi connectivity index (χ3v) is 7.17. The molecule has 1 aromatic carbocycles. The van der Waals surface area contributed by atoms with Crippen LogP contribution in [0.2, 0.25) is 0 Å². The lowest BCUT2D eigenvalue weighted by molar-refractivity contribution is -0.149. The van der Waals surface area contributed by atoms with Gasteiger partial charge in [0.25, 0.3) is 5.91 Å². The highest BCUT2D eigenvalue weighted by Crippen LogP contribution is 2.42. The van der Waals surface area contributed by atoms with E-state index in [1.807, 2.05) is 0 Å². The van der Waals surface area contributed by atoms with Crippen molar-refractivity contribution >= 4 is 27.6 Å². The predicted molar refractivity (Wildman–Crippen MR) is 103 cm³/mol. The molecule has 1 saturated heterocycles. The van der Waals surface area contributed by atoms with Gasteiger partial charge in [0.15, 0.2) is 0 Å². The maximum Gasteiger partial charge on any atom is 0.335 e. The molecule has 28 heavy (non-hydrogen) atoms. The van der Waals surface area contributed by atoms with Crippen LogP contribution in [-0.4, -0.2) is 56.2 Å². The van der Waals surface area contributed by atoms with Crippen molar-refractivity contribution in [2.75, 3.05) is 31.3 Å². The van der Waals surface area contributed by atoms with E-state index in [4.69, 9.17) is 9.47 Å². The van der Waals surface area contributed by atoms with Crippen molar-refractivity contribution in [3.8, 4) is 5.75 Å². The topological polar surface area (TPSA) is 102 Å². The second kappa shape index (κ2) is 7.56. The van der Waals surface area contributed by atoms with Gasteiger partial charge >= 0.3 is 5.97 Å². The van der Waals surface area contributed by atoms with Gasteiger partial charge in [0.05, 0.1) is 18.4 Å². The molecule has 1 aromatic rings. The van der Waals surface area contributed by atoms with E-state index in [2.05, 4.69) is 5.32 Å². The number of ether oxygens (including phenoxy) is 2. The minimum absolute atomic E-state index is 0.0134. The quantitative estimate of drug-likeness (QED) is 0.744. The van der Waals surface area contributed by atoms with E-state index >= 15 is 0 Å². The average Bonchev–Trinajstić information content (AvgIpc) is 2.92. The van der Waals surface area contributed by atoms with Crippen molar-refractivity contribution in [1.29, 1.82) is 0 Å².